The molecule has 3 aromatic heterocycles. The van der Waals surface area contributed by atoms with Crippen LogP contribution < -0.4 is 0 Å². The predicted octanol–water partition coefficient (Wildman–Crippen LogP) is 7.92. The van der Waals surface area contributed by atoms with E-state index in [0.29, 0.717) is 0 Å². The number of hydrogen-bond acceptors (Lipinski definition) is 3. The number of benzene rings is 3. The molecule has 0 bridgehead atoms. The minimum Gasteiger partial charge on any atom is -0.476 e. The summed E-state index contributed by atoms with van der Waals surface area (Å²) in [5.41, 5.74) is 7.96. The number of rotatable bonds is 2. The van der Waals surface area contributed by atoms with Crippen LogP contribution in [0.1, 0.15) is 20.8 Å². The quantitative estimate of drug-likeness (QED) is 0.182. The molecule has 35 heavy (non-hydrogen) atoms. The van der Waals surface area contributed by atoms with E-state index in [1.807, 2.05) is 54.7 Å². The first-order valence-electron chi connectivity index (χ1n) is 12.5. The molecule has 6 aromatic rings. The molecule has 3 heterocycles. The van der Waals surface area contributed by atoms with Gasteiger partial charge >= 0.3 is 0 Å². The Morgan fingerprint density at radius 2 is 1.57 bits per heavy atom. The largest absolute Gasteiger partial charge is 0.476 e. The summed E-state index contributed by atoms with van der Waals surface area (Å²) < 4.78 is 27.6. The molecule has 6 rings (SSSR count). The Bertz CT molecular complexity index is 1680. The zero-order valence-corrected chi connectivity index (χ0v) is 21.7. The average Bonchev–Trinajstić information content (AvgIpc) is 3.29. The second-order valence-corrected chi connectivity index (χ2v) is 8.08. The molecule has 3 aromatic carbocycles. The van der Waals surface area contributed by atoms with Gasteiger partial charge in [0.05, 0.1) is 5.58 Å². The number of nitrogens with zero attached hydrogens (tertiary/aromatic N) is 2. The first kappa shape index (κ1) is 20.8. The monoisotopic (exact) mass is 636 g/mol. The van der Waals surface area contributed by atoms with Gasteiger partial charge in [0.15, 0.2) is 0 Å². The maximum absolute atomic E-state index is 7.23. The summed E-state index contributed by atoms with van der Waals surface area (Å²) in [6, 6.07) is 31.3. The Balaban J connectivity index is 0.000000179. The smallest absolute Gasteiger partial charge is 0.123 e. The molecule has 0 unspecified atom stereocenters. The Morgan fingerprint density at radius 3 is 2.31 bits per heavy atom. The van der Waals surface area contributed by atoms with Gasteiger partial charge in [-0.15, -0.1) is 53.6 Å². The van der Waals surface area contributed by atoms with Crippen LogP contribution in [0, 0.1) is 32.8 Å². The summed E-state index contributed by atoms with van der Waals surface area (Å²) in [4.78, 5) is 8.62. The van der Waals surface area contributed by atoms with Crippen molar-refractivity contribution in [3.05, 3.63) is 120 Å². The standard InChI is InChI=1S/C19H14NO.C12H10N.Ir/c1-12-9-17(20-11-13(12)2)14-7-8-16-15-5-3-4-6-18(15)21-19(16)10-14;1-10-7-8-12(13-9-10)11-5-3-2-4-6-11;/h3-6,8-11H,1-2H3;2-5,7-9H,1H3;/q2*-1;/i;1D3;. The molecule has 0 aliphatic rings. The number of para-hydroxylation sites is 1. The van der Waals surface area contributed by atoms with Gasteiger partial charge in [0.1, 0.15) is 5.58 Å². The van der Waals surface area contributed by atoms with Crippen molar-refractivity contribution in [1.29, 1.82) is 0 Å². The van der Waals surface area contributed by atoms with Crippen molar-refractivity contribution in [1.82, 2.24) is 9.97 Å². The predicted molar refractivity (Wildman–Crippen MR) is 139 cm³/mol. The van der Waals surface area contributed by atoms with E-state index in [9.17, 15) is 0 Å². The summed E-state index contributed by atoms with van der Waals surface area (Å²) in [7, 11) is 0. The van der Waals surface area contributed by atoms with E-state index in [1.165, 1.54) is 17.3 Å². The van der Waals surface area contributed by atoms with Crippen molar-refractivity contribution in [2.75, 3.05) is 0 Å². The number of hydrogen-bond donors (Lipinski definition) is 0. The van der Waals surface area contributed by atoms with Gasteiger partial charge in [0.25, 0.3) is 0 Å². The van der Waals surface area contributed by atoms with Crippen molar-refractivity contribution in [2.45, 2.75) is 20.7 Å². The van der Waals surface area contributed by atoms with E-state index >= 15 is 0 Å². The molecule has 0 atom stereocenters. The first-order valence-corrected chi connectivity index (χ1v) is 11.0. The van der Waals surface area contributed by atoms with Crippen molar-refractivity contribution in [3.63, 3.8) is 0 Å². The van der Waals surface area contributed by atoms with E-state index < -0.39 is 6.85 Å². The van der Waals surface area contributed by atoms with Gasteiger partial charge in [-0.1, -0.05) is 53.4 Å². The molecule has 0 saturated heterocycles. The molecule has 0 N–H and O–H groups in total. The van der Waals surface area contributed by atoms with Crippen LogP contribution >= 0.6 is 0 Å². The van der Waals surface area contributed by atoms with Crippen LogP contribution in [0.2, 0.25) is 0 Å². The summed E-state index contributed by atoms with van der Waals surface area (Å²) in [5.74, 6) is 0. The molecule has 0 aliphatic heterocycles. The van der Waals surface area contributed by atoms with Gasteiger partial charge in [-0.05, 0) is 54.7 Å². The van der Waals surface area contributed by atoms with E-state index in [0.717, 1.165) is 44.5 Å². The fraction of sp³-hybridized carbons (Fsp3) is 0.0968. The minimum atomic E-state index is -2.09. The van der Waals surface area contributed by atoms with Crippen LogP contribution in [0.15, 0.2) is 95.7 Å². The third kappa shape index (κ3) is 5.40. The number of pyridine rings is 2. The van der Waals surface area contributed by atoms with Crippen LogP contribution in [0.5, 0.6) is 0 Å². The maximum Gasteiger partial charge on any atom is 0.123 e. The van der Waals surface area contributed by atoms with Gasteiger partial charge in [0, 0.05) is 36.6 Å². The van der Waals surface area contributed by atoms with Crippen LogP contribution in [-0.4, -0.2) is 9.97 Å². The SMILES string of the molecule is Cc1cnc(-c2[c-]cc3c(c2)oc2ccccc23)cc1C.[2H]C([2H])([2H])c1ccc(-c2[c-]cccc2)nc1.[Ir]. The second-order valence-electron chi connectivity index (χ2n) is 8.08. The minimum absolute atomic E-state index is 0. The molecular weight excluding hydrogens is 609 g/mol. The van der Waals surface area contributed by atoms with Gasteiger partial charge in [0.2, 0.25) is 0 Å². The summed E-state index contributed by atoms with van der Waals surface area (Å²) in [6.45, 7) is 2.07. The third-order valence-electron chi connectivity index (χ3n) is 5.71. The van der Waals surface area contributed by atoms with Crippen molar-refractivity contribution in [3.8, 4) is 22.5 Å². The molecule has 1 radical (unpaired) electrons. The van der Waals surface area contributed by atoms with E-state index in [-0.39, 0.29) is 25.7 Å². The molecule has 0 saturated carbocycles. The van der Waals surface area contributed by atoms with Crippen LogP contribution in [0.4, 0.5) is 0 Å². The van der Waals surface area contributed by atoms with Gasteiger partial charge in [-0.2, -0.15) is 0 Å². The second kappa shape index (κ2) is 10.8. The van der Waals surface area contributed by atoms with Crippen molar-refractivity contribution >= 4 is 21.9 Å². The first-order chi connectivity index (χ1) is 17.8. The van der Waals surface area contributed by atoms with Crippen LogP contribution in [-0.2, 0) is 20.1 Å². The van der Waals surface area contributed by atoms with Crippen molar-refractivity contribution in [2.24, 2.45) is 0 Å². The maximum atomic E-state index is 7.23. The molecule has 0 amide bonds. The van der Waals surface area contributed by atoms with E-state index in [2.05, 4.69) is 48.1 Å². The molecule has 0 fully saturated rings. The molecule has 3 nitrogen and oxygen atoms in total. The Labute approximate surface area is 223 Å². The number of furan rings is 1. The summed E-state index contributed by atoms with van der Waals surface area (Å²) in [5, 5.41) is 2.22. The Hall–Kier alpha value is -3.59. The number of fused-ring (bicyclic) bond motifs is 3. The topological polar surface area (TPSA) is 38.9 Å². The Morgan fingerprint density at radius 1 is 0.743 bits per heavy atom. The van der Waals surface area contributed by atoms with E-state index in [1.54, 1.807) is 18.2 Å². The normalized spacial score (nSPS) is 12.1. The van der Waals surface area contributed by atoms with Gasteiger partial charge in [-0.3, -0.25) is 0 Å². The fourth-order valence-electron chi connectivity index (χ4n) is 3.69. The number of aryl methyl sites for hydroxylation is 3. The van der Waals surface area contributed by atoms with E-state index in [4.69, 9.17) is 8.53 Å². The zero-order chi connectivity index (χ0) is 26.0. The Kier molecular flexibility index (Phi) is 6.39. The third-order valence-corrected chi connectivity index (χ3v) is 5.71. The van der Waals surface area contributed by atoms with Crippen LogP contribution in [0.3, 0.4) is 0 Å². The molecule has 175 valence electrons. The van der Waals surface area contributed by atoms with Gasteiger partial charge in [-0.25, -0.2) is 0 Å². The molecule has 0 aliphatic carbocycles. The number of aromatic nitrogens is 2. The summed E-state index contributed by atoms with van der Waals surface area (Å²) >= 11 is 0. The molecular formula is C31H24IrN2O-2. The molecule has 4 heteroatoms. The average molecular weight is 636 g/mol. The van der Waals surface area contributed by atoms with Gasteiger partial charge < -0.3 is 14.4 Å². The van der Waals surface area contributed by atoms with Crippen molar-refractivity contribution < 1.29 is 28.6 Å². The van der Waals surface area contributed by atoms with Crippen LogP contribution in [0.25, 0.3) is 44.5 Å². The zero-order valence-electron chi connectivity index (χ0n) is 22.3. The molecule has 0 spiro atoms. The fourth-order valence-corrected chi connectivity index (χ4v) is 3.69. The summed E-state index contributed by atoms with van der Waals surface area (Å²) in [6.07, 6.45) is 3.30.